The first kappa shape index (κ1) is 14.5. The van der Waals surface area contributed by atoms with Crippen molar-refractivity contribution in [1.82, 2.24) is 15.6 Å². The first-order valence-corrected chi connectivity index (χ1v) is 7.42. The monoisotopic (exact) mass is 297 g/mol. The molecule has 3 heterocycles. The standard InChI is InChI=1S/C17H19N3O2/c1-12-14(4-5-15(20-12)16-3-2-10-22-16)17(21)19-11-13-6-8-18-9-7-13/h2-6,10,18H,7-9,11H2,1H3,(H,19,21). The summed E-state index contributed by atoms with van der Waals surface area (Å²) < 4.78 is 5.33. The summed E-state index contributed by atoms with van der Waals surface area (Å²) in [5.74, 6) is 0.616. The molecule has 0 fully saturated rings. The van der Waals surface area contributed by atoms with E-state index in [2.05, 4.69) is 21.7 Å². The number of nitrogens with one attached hydrogen (secondary N) is 2. The Hall–Kier alpha value is -2.40. The van der Waals surface area contributed by atoms with Crippen molar-refractivity contribution >= 4 is 5.91 Å². The number of rotatable bonds is 4. The van der Waals surface area contributed by atoms with E-state index in [0.717, 1.165) is 25.2 Å². The fraction of sp³-hybridized carbons (Fsp3) is 0.294. The highest BCUT2D eigenvalue weighted by molar-refractivity contribution is 5.95. The second-order valence-electron chi connectivity index (χ2n) is 5.31. The van der Waals surface area contributed by atoms with Crippen molar-refractivity contribution in [3.8, 4) is 11.5 Å². The summed E-state index contributed by atoms with van der Waals surface area (Å²) in [5, 5.41) is 6.22. The average Bonchev–Trinajstić information content (AvgIpc) is 3.08. The van der Waals surface area contributed by atoms with Gasteiger partial charge >= 0.3 is 0 Å². The Morgan fingerprint density at radius 3 is 3.00 bits per heavy atom. The molecule has 0 aliphatic carbocycles. The van der Waals surface area contributed by atoms with E-state index < -0.39 is 0 Å². The lowest BCUT2D eigenvalue weighted by Crippen LogP contribution is -2.30. The first-order chi connectivity index (χ1) is 10.7. The molecule has 1 amide bonds. The van der Waals surface area contributed by atoms with Crippen LogP contribution in [0.2, 0.25) is 0 Å². The van der Waals surface area contributed by atoms with Crippen molar-refractivity contribution in [1.29, 1.82) is 0 Å². The number of hydrogen-bond acceptors (Lipinski definition) is 4. The molecule has 0 aromatic carbocycles. The topological polar surface area (TPSA) is 67.2 Å². The second kappa shape index (κ2) is 6.58. The van der Waals surface area contributed by atoms with E-state index in [-0.39, 0.29) is 5.91 Å². The van der Waals surface area contributed by atoms with Crippen molar-refractivity contribution in [3.05, 3.63) is 53.4 Å². The van der Waals surface area contributed by atoms with Gasteiger partial charge in [0.1, 0.15) is 5.69 Å². The van der Waals surface area contributed by atoms with Crippen LogP contribution in [0.3, 0.4) is 0 Å². The molecule has 0 saturated carbocycles. The fourth-order valence-electron chi connectivity index (χ4n) is 2.48. The summed E-state index contributed by atoms with van der Waals surface area (Å²) in [4.78, 5) is 16.7. The minimum absolute atomic E-state index is 0.0876. The van der Waals surface area contributed by atoms with Crippen molar-refractivity contribution < 1.29 is 9.21 Å². The third kappa shape index (κ3) is 3.26. The molecule has 0 bridgehead atoms. The highest BCUT2D eigenvalue weighted by Crippen LogP contribution is 2.19. The van der Waals surface area contributed by atoms with E-state index in [1.54, 1.807) is 12.3 Å². The molecule has 1 aliphatic rings. The van der Waals surface area contributed by atoms with Gasteiger partial charge < -0.3 is 15.1 Å². The number of amides is 1. The van der Waals surface area contributed by atoms with Crippen molar-refractivity contribution in [2.75, 3.05) is 19.6 Å². The number of carbonyl (C=O) groups is 1. The Labute approximate surface area is 129 Å². The third-order valence-corrected chi connectivity index (χ3v) is 3.74. The van der Waals surface area contributed by atoms with Crippen molar-refractivity contribution in [2.45, 2.75) is 13.3 Å². The number of aryl methyl sites for hydroxylation is 1. The maximum atomic E-state index is 12.3. The number of aromatic nitrogens is 1. The van der Waals surface area contributed by atoms with E-state index in [9.17, 15) is 4.79 Å². The van der Waals surface area contributed by atoms with Crippen LogP contribution >= 0.6 is 0 Å². The van der Waals surface area contributed by atoms with Gasteiger partial charge in [-0.05, 0) is 44.2 Å². The quantitative estimate of drug-likeness (QED) is 0.850. The smallest absolute Gasteiger partial charge is 0.253 e. The van der Waals surface area contributed by atoms with Crippen molar-refractivity contribution in [2.24, 2.45) is 0 Å². The van der Waals surface area contributed by atoms with Gasteiger partial charge in [0, 0.05) is 13.1 Å². The first-order valence-electron chi connectivity index (χ1n) is 7.42. The van der Waals surface area contributed by atoms with E-state index in [1.807, 2.05) is 25.1 Å². The Kier molecular flexibility index (Phi) is 4.34. The number of nitrogens with zero attached hydrogens (tertiary/aromatic N) is 1. The zero-order valence-corrected chi connectivity index (χ0v) is 12.6. The van der Waals surface area contributed by atoms with Gasteiger partial charge in [-0.25, -0.2) is 4.98 Å². The van der Waals surface area contributed by atoms with Crippen LogP contribution in [-0.2, 0) is 0 Å². The van der Waals surface area contributed by atoms with Gasteiger partial charge in [0.2, 0.25) is 0 Å². The third-order valence-electron chi connectivity index (χ3n) is 3.74. The molecule has 1 aliphatic heterocycles. The minimum atomic E-state index is -0.0876. The molecule has 2 N–H and O–H groups in total. The Bertz CT molecular complexity index is 690. The van der Waals surface area contributed by atoms with Gasteiger partial charge in [-0.1, -0.05) is 11.6 Å². The van der Waals surface area contributed by atoms with E-state index in [0.29, 0.717) is 23.6 Å². The van der Waals surface area contributed by atoms with Gasteiger partial charge in [-0.3, -0.25) is 4.79 Å². The molecule has 0 atom stereocenters. The summed E-state index contributed by atoms with van der Waals surface area (Å²) in [5.41, 5.74) is 3.31. The molecular weight excluding hydrogens is 278 g/mol. The highest BCUT2D eigenvalue weighted by atomic mass is 16.3. The van der Waals surface area contributed by atoms with E-state index in [1.165, 1.54) is 5.57 Å². The van der Waals surface area contributed by atoms with E-state index in [4.69, 9.17) is 4.42 Å². The van der Waals surface area contributed by atoms with Crippen LogP contribution in [0, 0.1) is 6.92 Å². The van der Waals surface area contributed by atoms with Crippen LogP contribution in [-0.4, -0.2) is 30.5 Å². The summed E-state index contributed by atoms with van der Waals surface area (Å²) in [6.45, 7) is 4.29. The molecule has 2 aromatic heterocycles. The maximum absolute atomic E-state index is 12.3. The summed E-state index contributed by atoms with van der Waals surface area (Å²) in [6.07, 6.45) is 4.73. The normalized spacial score (nSPS) is 14.5. The lowest BCUT2D eigenvalue weighted by atomic mass is 10.1. The molecule has 0 spiro atoms. The molecule has 5 heteroatoms. The van der Waals surface area contributed by atoms with Crippen LogP contribution < -0.4 is 10.6 Å². The van der Waals surface area contributed by atoms with Gasteiger partial charge in [0.15, 0.2) is 5.76 Å². The number of hydrogen-bond donors (Lipinski definition) is 2. The predicted molar refractivity (Wildman–Crippen MR) is 84.6 cm³/mol. The van der Waals surface area contributed by atoms with E-state index >= 15 is 0 Å². The largest absolute Gasteiger partial charge is 0.463 e. The maximum Gasteiger partial charge on any atom is 0.253 e. The molecule has 22 heavy (non-hydrogen) atoms. The van der Waals surface area contributed by atoms with Gasteiger partial charge in [0.05, 0.1) is 17.5 Å². The van der Waals surface area contributed by atoms with Gasteiger partial charge in [-0.15, -0.1) is 0 Å². The molecule has 2 aromatic rings. The lowest BCUT2D eigenvalue weighted by Gasteiger charge is -2.15. The average molecular weight is 297 g/mol. The Morgan fingerprint density at radius 2 is 2.32 bits per heavy atom. The minimum Gasteiger partial charge on any atom is -0.463 e. The summed E-state index contributed by atoms with van der Waals surface area (Å²) in [6, 6.07) is 7.28. The van der Waals surface area contributed by atoms with Crippen LogP contribution in [0.25, 0.3) is 11.5 Å². The van der Waals surface area contributed by atoms with Crippen molar-refractivity contribution in [3.63, 3.8) is 0 Å². The van der Waals surface area contributed by atoms with Crippen LogP contribution in [0.5, 0.6) is 0 Å². The summed E-state index contributed by atoms with van der Waals surface area (Å²) >= 11 is 0. The number of pyridine rings is 1. The fourth-order valence-corrected chi connectivity index (χ4v) is 2.48. The highest BCUT2D eigenvalue weighted by Gasteiger charge is 2.13. The van der Waals surface area contributed by atoms with Gasteiger partial charge in [-0.2, -0.15) is 0 Å². The molecule has 0 unspecified atom stereocenters. The van der Waals surface area contributed by atoms with Crippen LogP contribution in [0.4, 0.5) is 0 Å². The molecule has 114 valence electrons. The Balaban J connectivity index is 1.68. The zero-order chi connectivity index (χ0) is 15.4. The van der Waals surface area contributed by atoms with Crippen LogP contribution in [0.15, 0.2) is 46.6 Å². The van der Waals surface area contributed by atoms with Crippen LogP contribution in [0.1, 0.15) is 22.5 Å². The molecule has 3 rings (SSSR count). The SMILES string of the molecule is Cc1nc(-c2ccco2)ccc1C(=O)NCC1=CCNCC1. The molecule has 5 nitrogen and oxygen atoms in total. The second-order valence-corrected chi connectivity index (χ2v) is 5.31. The van der Waals surface area contributed by atoms with Gasteiger partial charge in [0.25, 0.3) is 5.91 Å². The zero-order valence-electron chi connectivity index (χ0n) is 12.6. The number of carbonyl (C=O) groups excluding carboxylic acids is 1. The Morgan fingerprint density at radius 1 is 1.41 bits per heavy atom. The lowest BCUT2D eigenvalue weighted by molar-refractivity contribution is 0.0955. The molecular formula is C17H19N3O2. The molecule has 0 saturated heterocycles. The predicted octanol–water partition coefficient (Wildman–Crippen LogP) is 2.30. The number of furan rings is 1. The molecule has 0 radical (unpaired) electrons. The summed E-state index contributed by atoms with van der Waals surface area (Å²) in [7, 11) is 0.